The molecular formula is C24H30N2O5. The van der Waals surface area contributed by atoms with Gasteiger partial charge in [-0.2, -0.15) is 0 Å². The molecule has 0 aliphatic heterocycles. The normalized spacial score (nSPS) is 10.9. The molecule has 7 nitrogen and oxygen atoms in total. The topological polar surface area (TPSA) is 85.9 Å². The molecule has 0 aromatic heterocycles. The van der Waals surface area contributed by atoms with Gasteiger partial charge in [-0.1, -0.05) is 31.5 Å². The van der Waals surface area contributed by atoms with Crippen molar-refractivity contribution in [1.29, 1.82) is 0 Å². The van der Waals surface area contributed by atoms with E-state index in [0.29, 0.717) is 23.8 Å². The summed E-state index contributed by atoms with van der Waals surface area (Å²) in [5, 5.41) is 5.59. The van der Waals surface area contributed by atoms with Crippen molar-refractivity contribution in [2.45, 2.75) is 26.2 Å². The van der Waals surface area contributed by atoms with E-state index in [4.69, 9.17) is 14.2 Å². The number of amides is 2. The maximum atomic E-state index is 12.7. The standard InChI is InChI=1S/C24H30N2O5/c1-5-6-12-25-24(28)20(14-17-8-7-9-19(13-17)29-2)26-23(27)16-18-10-11-21(30-3)22(15-18)31-4/h7-11,13-15H,5-6,12,16H2,1-4H3,(H,25,28)(H,26,27)/b20-14+. The minimum Gasteiger partial charge on any atom is -0.497 e. The first-order valence-electron chi connectivity index (χ1n) is 10.1. The molecule has 0 bridgehead atoms. The average Bonchev–Trinajstić information content (AvgIpc) is 2.78. The van der Waals surface area contributed by atoms with Gasteiger partial charge in [-0.05, 0) is 47.9 Å². The Morgan fingerprint density at radius 3 is 2.42 bits per heavy atom. The fourth-order valence-corrected chi connectivity index (χ4v) is 2.90. The third-order valence-corrected chi connectivity index (χ3v) is 4.55. The minimum absolute atomic E-state index is 0.0814. The van der Waals surface area contributed by atoms with Crippen LogP contribution >= 0.6 is 0 Å². The Balaban J connectivity index is 2.20. The second kappa shape index (κ2) is 12.3. The van der Waals surface area contributed by atoms with Crippen LogP contribution in [-0.4, -0.2) is 39.7 Å². The average molecular weight is 427 g/mol. The Morgan fingerprint density at radius 2 is 1.74 bits per heavy atom. The Morgan fingerprint density at radius 1 is 0.968 bits per heavy atom. The largest absolute Gasteiger partial charge is 0.497 e. The predicted octanol–water partition coefficient (Wildman–Crippen LogP) is 3.33. The molecule has 0 saturated carbocycles. The molecule has 0 radical (unpaired) electrons. The number of unbranched alkanes of at least 4 members (excludes halogenated alkanes) is 1. The highest BCUT2D eigenvalue weighted by molar-refractivity contribution is 6.01. The Hall–Kier alpha value is -3.48. The van der Waals surface area contributed by atoms with Crippen molar-refractivity contribution in [3.05, 3.63) is 59.3 Å². The van der Waals surface area contributed by atoms with Gasteiger partial charge < -0.3 is 24.8 Å². The van der Waals surface area contributed by atoms with E-state index in [1.807, 2.05) is 25.1 Å². The highest BCUT2D eigenvalue weighted by Crippen LogP contribution is 2.27. The summed E-state index contributed by atoms with van der Waals surface area (Å²) >= 11 is 0. The van der Waals surface area contributed by atoms with E-state index in [-0.39, 0.29) is 23.9 Å². The Bertz CT molecular complexity index is 924. The quantitative estimate of drug-likeness (QED) is 0.425. The van der Waals surface area contributed by atoms with E-state index in [1.54, 1.807) is 44.6 Å². The van der Waals surface area contributed by atoms with E-state index in [1.165, 1.54) is 7.11 Å². The zero-order valence-corrected chi connectivity index (χ0v) is 18.5. The molecule has 2 aromatic carbocycles. The van der Waals surface area contributed by atoms with Crippen molar-refractivity contribution in [3.63, 3.8) is 0 Å². The summed E-state index contributed by atoms with van der Waals surface area (Å²) in [6.45, 7) is 2.58. The van der Waals surface area contributed by atoms with Gasteiger partial charge >= 0.3 is 0 Å². The molecule has 7 heteroatoms. The molecule has 166 valence electrons. The molecule has 2 aromatic rings. The van der Waals surface area contributed by atoms with Gasteiger partial charge in [-0.15, -0.1) is 0 Å². The maximum Gasteiger partial charge on any atom is 0.267 e. The van der Waals surface area contributed by atoms with Gasteiger partial charge in [0.15, 0.2) is 11.5 Å². The summed E-state index contributed by atoms with van der Waals surface area (Å²) < 4.78 is 15.8. The number of rotatable bonds is 11. The fourth-order valence-electron chi connectivity index (χ4n) is 2.90. The first-order valence-corrected chi connectivity index (χ1v) is 10.1. The third kappa shape index (κ3) is 7.37. The number of carbonyl (C=O) groups excluding carboxylic acids is 2. The van der Waals surface area contributed by atoms with Crippen LogP contribution in [0, 0.1) is 0 Å². The number of methoxy groups -OCH3 is 3. The maximum absolute atomic E-state index is 12.7. The lowest BCUT2D eigenvalue weighted by atomic mass is 10.1. The zero-order chi connectivity index (χ0) is 22.6. The number of ether oxygens (including phenoxy) is 3. The molecule has 0 saturated heterocycles. The highest BCUT2D eigenvalue weighted by atomic mass is 16.5. The Kier molecular flexibility index (Phi) is 9.42. The zero-order valence-electron chi connectivity index (χ0n) is 18.5. The van der Waals surface area contributed by atoms with Gasteiger partial charge in [0.2, 0.25) is 5.91 Å². The van der Waals surface area contributed by atoms with Crippen molar-refractivity contribution >= 4 is 17.9 Å². The summed E-state index contributed by atoms with van der Waals surface area (Å²) in [6, 6.07) is 12.5. The molecule has 2 N–H and O–H groups in total. The molecule has 2 rings (SSSR count). The summed E-state index contributed by atoms with van der Waals surface area (Å²) in [5.41, 5.74) is 1.66. The first kappa shape index (κ1) is 23.8. The molecule has 0 aliphatic rings. The second-order valence-electron chi connectivity index (χ2n) is 6.86. The number of benzene rings is 2. The van der Waals surface area contributed by atoms with Crippen LogP contribution in [0.2, 0.25) is 0 Å². The predicted molar refractivity (Wildman–Crippen MR) is 120 cm³/mol. The molecule has 0 heterocycles. The first-order chi connectivity index (χ1) is 15.0. The van der Waals surface area contributed by atoms with Crippen molar-refractivity contribution in [3.8, 4) is 17.2 Å². The minimum atomic E-state index is -0.336. The van der Waals surface area contributed by atoms with E-state index >= 15 is 0 Å². The summed E-state index contributed by atoms with van der Waals surface area (Å²) in [5.74, 6) is 1.14. The van der Waals surface area contributed by atoms with Crippen LogP contribution in [0.1, 0.15) is 30.9 Å². The number of hydrogen-bond acceptors (Lipinski definition) is 5. The van der Waals surface area contributed by atoms with Crippen molar-refractivity contribution in [2.75, 3.05) is 27.9 Å². The monoisotopic (exact) mass is 426 g/mol. The van der Waals surface area contributed by atoms with E-state index in [9.17, 15) is 9.59 Å². The van der Waals surface area contributed by atoms with Crippen LogP contribution in [0.3, 0.4) is 0 Å². The third-order valence-electron chi connectivity index (χ3n) is 4.55. The van der Waals surface area contributed by atoms with E-state index in [2.05, 4.69) is 10.6 Å². The molecule has 0 spiro atoms. The van der Waals surface area contributed by atoms with Crippen LogP contribution in [0.25, 0.3) is 6.08 Å². The smallest absolute Gasteiger partial charge is 0.267 e. The molecule has 0 atom stereocenters. The van der Waals surface area contributed by atoms with Gasteiger partial charge in [0, 0.05) is 6.54 Å². The van der Waals surface area contributed by atoms with Crippen LogP contribution in [0.4, 0.5) is 0 Å². The van der Waals surface area contributed by atoms with Crippen LogP contribution in [-0.2, 0) is 16.0 Å². The SMILES string of the molecule is CCCCNC(=O)/C(=C\c1cccc(OC)c1)NC(=O)Cc1ccc(OC)c(OC)c1. The lowest BCUT2D eigenvalue weighted by Gasteiger charge is -2.12. The lowest BCUT2D eigenvalue weighted by Crippen LogP contribution is -2.35. The number of hydrogen-bond donors (Lipinski definition) is 2. The van der Waals surface area contributed by atoms with Gasteiger partial charge in [0.1, 0.15) is 11.4 Å². The van der Waals surface area contributed by atoms with Crippen LogP contribution < -0.4 is 24.8 Å². The van der Waals surface area contributed by atoms with E-state index in [0.717, 1.165) is 24.0 Å². The molecular weight excluding hydrogens is 396 g/mol. The van der Waals surface area contributed by atoms with Gasteiger partial charge in [-0.3, -0.25) is 9.59 Å². The summed E-state index contributed by atoms with van der Waals surface area (Å²) in [6.07, 6.45) is 3.53. The summed E-state index contributed by atoms with van der Waals surface area (Å²) in [7, 11) is 4.67. The highest BCUT2D eigenvalue weighted by Gasteiger charge is 2.15. The van der Waals surface area contributed by atoms with Crippen LogP contribution in [0.5, 0.6) is 17.2 Å². The van der Waals surface area contributed by atoms with Gasteiger partial charge in [-0.25, -0.2) is 0 Å². The van der Waals surface area contributed by atoms with Gasteiger partial charge in [0.05, 0.1) is 27.8 Å². The molecule has 31 heavy (non-hydrogen) atoms. The van der Waals surface area contributed by atoms with Crippen molar-refractivity contribution < 1.29 is 23.8 Å². The number of carbonyl (C=O) groups is 2. The molecule has 0 unspecified atom stereocenters. The Labute approximate surface area is 183 Å². The van der Waals surface area contributed by atoms with Gasteiger partial charge in [0.25, 0.3) is 5.91 Å². The van der Waals surface area contributed by atoms with Crippen molar-refractivity contribution in [2.24, 2.45) is 0 Å². The molecule has 2 amide bonds. The van der Waals surface area contributed by atoms with Crippen molar-refractivity contribution in [1.82, 2.24) is 10.6 Å². The summed E-state index contributed by atoms with van der Waals surface area (Å²) in [4.78, 5) is 25.4. The van der Waals surface area contributed by atoms with E-state index < -0.39 is 0 Å². The molecule has 0 aliphatic carbocycles. The lowest BCUT2D eigenvalue weighted by molar-refractivity contribution is -0.123. The second-order valence-corrected chi connectivity index (χ2v) is 6.86. The van der Waals surface area contributed by atoms with Crippen LogP contribution in [0.15, 0.2) is 48.2 Å². The molecule has 0 fully saturated rings. The number of nitrogens with one attached hydrogen (secondary N) is 2. The fraction of sp³-hybridized carbons (Fsp3) is 0.333.